The average Bonchev–Trinajstić information content (AvgIpc) is 2.98. The average molecular weight is 446 g/mol. The molecule has 0 spiro atoms. The Hall–Kier alpha value is -0.673. The van der Waals surface area contributed by atoms with Crippen molar-refractivity contribution in [3.63, 3.8) is 0 Å². The fourth-order valence-electron chi connectivity index (χ4n) is 3.85. The third-order valence-electron chi connectivity index (χ3n) is 6.32. The van der Waals surface area contributed by atoms with Crippen LogP contribution in [0.25, 0.3) is 0 Å². The predicted molar refractivity (Wildman–Crippen MR) is 119 cm³/mol. The van der Waals surface area contributed by atoms with Crippen LogP contribution in [-0.2, 0) is 18.6 Å². The Morgan fingerprint density at radius 2 is 1.60 bits per heavy atom. The Morgan fingerprint density at radius 3 is 2.07 bits per heavy atom. The van der Waals surface area contributed by atoms with Crippen molar-refractivity contribution in [2.24, 2.45) is 0 Å². The summed E-state index contributed by atoms with van der Waals surface area (Å²) >= 11 is 0. The molecule has 8 heteroatoms. The van der Waals surface area contributed by atoms with Crippen molar-refractivity contribution in [1.82, 2.24) is 4.90 Å². The molecule has 0 aromatic carbocycles. The molecule has 0 unspecified atom stereocenters. The second kappa shape index (κ2) is 8.69. The molecule has 7 nitrogen and oxygen atoms in total. The van der Waals surface area contributed by atoms with Gasteiger partial charge < -0.3 is 23.7 Å². The summed E-state index contributed by atoms with van der Waals surface area (Å²) < 4.78 is 24.8. The Bertz CT molecular complexity index is 610. The van der Waals surface area contributed by atoms with Crippen molar-refractivity contribution in [2.75, 3.05) is 13.2 Å². The largest absolute Gasteiger partial charge is 0.444 e. The standard InChI is InChI=1S/C22H43NO6Si/c1-20(2,3)29-19(25)23-15(12-11-13-24)17-18(28-22(7,8)27-17)16(23)14-26-30(9,10)21(4,5)6/h15-18,24H,11-14H2,1-10H3/t15-,16+,17-,18+/m1/s1. The van der Waals surface area contributed by atoms with Crippen molar-refractivity contribution in [1.29, 1.82) is 0 Å². The zero-order chi connectivity index (χ0) is 23.1. The maximum Gasteiger partial charge on any atom is 0.411 e. The molecule has 2 aliphatic heterocycles. The summed E-state index contributed by atoms with van der Waals surface area (Å²) in [6, 6.07) is -0.531. The lowest BCUT2D eigenvalue weighted by molar-refractivity contribution is -0.168. The van der Waals surface area contributed by atoms with Gasteiger partial charge in [-0.2, -0.15) is 0 Å². The van der Waals surface area contributed by atoms with E-state index in [4.69, 9.17) is 18.6 Å². The minimum atomic E-state index is -2.03. The van der Waals surface area contributed by atoms with E-state index in [0.717, 1.165) is 0 Å². The second-order valence-corrected chi connectivity index (χ2v) is 16.3. The molecule has 2 saturated heterocycles. The second-order valence-electron chi connectivity index (χ2n) is 11.5. The summed E-state index contributed by atoms with van der Waals surface area (Å²) in [6.45, 7) is 20.8. The summed E-state index contributed by atoms with van der Waals surface area (Å²) in [5.74, 6) is -0.720. The number of hydrogen-bond acceptors (Lipinski definition) is 6. The summed E-state index contributed by atoms with van der Waals surface area (Å²) in [5.41, 5.74) is -0.609. The zero-order valence-electron chi connectivity index (χ0n) is 20.6. The summed E-state index contributed by atoms with van der Waals surface area (Å²) in [6.07, 6.45) is 0.251. The van der Waals surface area contributed by atoms with Gasteiger partial charge in [0.05, 0.1) is 18.7 Å². The highest BCUT2D eigenvalue weighted by molar-refractivity contribution is 6.74. The first-order valence-corrected chi connectivity index (χ1v) is 14.0. The van der Waals surface area contributed by atoms with Crippen molar-refractivity contribution in [2.45, 2.75) is 122 Å². The molecule has 0 radical (unpaired) electrons. The first kappa shape index (κ1) is 25.6. The van der Waals surface area contributed by atoms with Crippen LogP contribution in [-0.4, -0.2) is 73.3 Å². The molecule has 4 atom stereocenters. The van der Waals surface area contributed by atoms with Gasteiger partial charge in [0.1, 0.15) is 17.8 Å². The smallest absolute Gasteiger partial charge is 0.411 e. The van der Waals surface area contributed by atoms with Gasteiger partial charge >= 0.3 is 6.09 Å². The number of likely N-dealkylation sites (tertiary alicyclic amines) is 1. The van der Waals surface area contributed by atoms with E-state index in [2.05, 4.69) is 33.9 Å². The number of fused-ring (bicyclic) bond motifs is 1. The number of aliphatic hydroxyl groups excluding tert-OH is 1. The number of aliphatic hydroxyl groups is 1. The zero-order valence-corrected chi connectivity index (χ0v) is 21.6. The Morgan fingerprint density at radius 1 is 1.07 bits per heavy atom. The van der Waals surface area contributed by atoms with Crippen molar-refractivity contribution >= 4 is 14.4 Å². The lowest BCUT2D eigenvalue weighted by atomic mass is 10.0. The maximum atomic E-state index is 13.2. The van der Waals surface area contributed by atoms with E-state index in [9.17, 15) is 9.90 Å². The number of hydrogen-bond donors (Lipinski definition) is 1. The monoisotopic (exact) mass is 445 g/mol. The van der Waals surface area contributed by atoms with Crippen LogP contribution in [0.3, 0.4) is 0 Å². The molecule has 30 heavy (non-hydrogen) atoms. The number of amides is 1. The molecule has 2 aliphatic rings. The molecule has 0 saturated carbocycles. The normalized spacial score (nSPS) is 29.2. The summed E-state index contributed by atoms with van der Waals surface area (Å²) in [5, 5.41) is 9.48. The molecular formula is C22H43NO6Si. The van der Waals surface area contributed by atoms with Crippen LogP contribution in [0.15, 0.2) is 0 Å². The van der Waals surface area contributed by atoms with Crippen LogP contribution in [0.4, 0.5) is 4.79 Å². The van der Waals surface area contributed by atoms with Gasteiger partial charge in [-0.15, -0.1) is 0 Å². The van der Waals surface area contributed by atoms with Gasteiger partial charge in [-0.05, 0) is 65.6 Å². The molecule has 0 aromatic heterocycles. The SMILES string of the molecule is CC(C)(C)OC(=O)N1[C@H](CCCO)[C@H]2OC(C)(C)O[C@H]2[C@@H]1CO[Si](C)(C)C(C)(C)C. The maximum absolute atomic E-state index is 13.2. The van der Waals surface area contributed by atoms with Gasteiger partial charge in [0, 0.05) is 6.61 Å². The Kier molecular flexibility index (Phi) is 7.41. The number of carbonyl (C=O) groups is 1. The van der Waals surface area contributed by atoms with Crippen LogP contribution < -0.4 is 0 Å². The van der Waals surface area contributed by atoms with Crippen LogP contribution in [0.2, 0.25) is 18.1 Å². The van der Waals surface area contributed by atoms with E-state index in [1.54, 1.807) is 4.90 Å². The van der Waals surface area contributed by atoms with E-state index >= 15 is 0 Å². The molecule has 0 aromatic rings. The van der Waals surface area contributed by atoms with Crippen molar-refractivity contribution < 1.29 is 28.5 Å². The van der Waals surface area contributed by atoms with E-state index in [1.165, 1.54) is 0 Å². The highest BCUT2D eigenvalue weighted by Crippen LogP contribution is 2.44. The van der Waals surface area contributed by atoms with Gasteiger partial charge in [0.2, 0.25) is 0 Å². The molecule has 1 N–H and O–H groups in total. The highest BCUT2D eigenvalue weighted by Gasteiger charge is 2.60. The molecule has 0 aliphatic carbocycles. The minimum Gasteiger partial charge on any atom is -0.444 e. The number of ether oxygens (including phenoxy) is 3. The molecular weight excluding hydrogens is 402 g/mol. The molecule has 176 valence electrons. The molecule has 1 amide bonds. The fourth-order valence-corrected chi connectivity index (χ4v) is 4.87. The molecule has 2 rings (SSSR count). The van der Waals surface area contributed by atoms with Gasteiger partial charge in [-0.25, -0.2) is 4.79 Å². The predicted octanol–water partition coefficient (Wildman–Crippen LogP) is 4.29. The summed E-state index contributed by atoms with van der Waals surface area (Å²) in [7, 11) is -2.03. The van der Waals surface area contributed by atoms with Gasteiger partial charge in [0.25, 0.3) is 0 Å². The Labute approximate surface area is 183 Å². The number of rotatable bonds is 6. The Balaban J connectivity index is 2.35. The van der Waals surface area contributed by atoms with Gasteiger partial charge in [0.15, 0.2) is 14.1 Å². The third kappa shape index (κ3) is 5.76. The van der Waals surface area contributed by atoms with Gasteiger partial charge in [-0.1, -0.05) is 20.8 Å². The van der Waals surface area contributed by atoms with Crippen LogP contribution in [0, 0.1) is 0 Å². The van der Waals surface area contributed by atoms with Crippen LogP contribution in [0.5, 0.6) is 0 Å². The van der Waals surface area contributed by atoms with E-state index in [1.807, 2.05) is 34.6 Å². The molecule has 0 bridgehead atoms. The van der Waals surface area contributed by atoms with Crippen LogP contribution in [0.1, 0.15) is 68.2 Å². The highest BCUT2D eigenvalue weighted by atomic mass is 28.4. The molecule has 2 fully saturated rings. The fraction of sp³-hybridized carbons (Fsp3) is 0.955. The first-order valence-electron chi connectivity index (χ1n) is 11.1. The topological polar surface area (TPSA) is 77.5 Å². The van der Waals surface area contributed by atoms with E-state index in [-0.39, 0.29) is 42.0 Å². The number of nitrogens with zero attached hydrogens (tertiary/aromatic N) is 1. The van der Waals surface area contributed by atoms with Crippen LogP contribution >= 0.6 is 0 Å². The third-order valence-corrected chi connectivity index (χ3v) is 10.8. The van der Waals surface area contributed by atoms with E-state index in [0.29, 0.717) is 19.4 Å². The molecule has 2 heterocycles. The quantitative estimate of drug-likeness (QED) is 0.615. The van der Waals surface area contributed by atoms with E-state index < -0.39 is 19.7 Å². The van der Waals surface area contributed by atoms with Crippen molar-refractivity contribution in [3.05, 3.63) is 0 Å². The first-order chi connectivity index (χ1) is 13.5. The lowest BCUT2D eigenvalue weighted by Crippen LogP contribution is -2.52. The number of carbonyl (C=O) groups excluding carboxylic acids is 1. The summed E-state index contributed by atoms with van der Waals surface area (Å²) in [4.78, 5) is 15.0. The minimum absolute atomic E-state index is 0.0599. The van der Waals surface area contributed by atoms with Gasteiger partial charge in [-0.3, -0.25) is 4.90 Å². The lowest BCUT2D eigenvalue weighted by Gasteiger charge is -2.40. The van der Waals surface area contributed by atoms with Crippen molar-refractivity contribution in [3.8, 4) is 0 Å².